The van der Waals surface area contributed by atoms with Crippen molar-refractivity contribution in [1.82, 2.24) is 0 Å². The molecule has 3 aliphatic heterocycles. The van der Waals surface area contributed by atoms with Crippen molar-refractivity contribution < 1.29 is 28.6 Å². The molecule has 40 heavy (non-hydrogen) atoms. The summed E-state index contributed by atoms with van der Waals surface area (Å²) in [6.45, 7) is 2.00. The first-order valence-electron chi connectivity index (χ1n) is 13.3. The molecule has 4 aliphatic rings. The molecule has 0 N–H and O–H groups in total. The van der Waals surface area contributed by atoms with E-state index in [9.17, 15) is 14.4 Å². The highest BCUT2D eigenvalue weighted by Gasteiger charge is 2.60. The number of fused-ring (bicyclic) bond motifs is 8. The van der Waals surface area contributed by atoms with Crippen LogP contribution in [0.5, 0.6) is 17.2 Å². The Morgan fingerprint density at radius 1 is 0.775 bits per heavy atom. The topological polar surface area (TPSA) is 82.1 Å². The Bertz CT molecular complexity index is 1820. The van der Waals surface area contributed by atoms with Gasteiger partial charge in [0.15, 0.2) is 11.5 Å². The van der Waals surface area contributed by atoms with Gasteiger partial charge in [0.1, 0.15) is 5.75 Å². The van der Waals surface area contributed by atoms with Crippen LogP contribution >= 0.6 is 0 Å². The first-order valence-corrected chi connectivity index (χ1v) is 13.3. The molecule has 1 saturated heterocycles. The summed E-state index contributed by atoms with van der Waals surface area (Å²) >= 11 is 0. The van der Waals surface area contributed by atoms with Crippen LogP contribution in [0.1, 0.15) is 22.6 Å². The predicted molar refractivity (Wildman–Crippen MR) is 147 cm³/mol. The third kappa shape index (κ3) is 3.09. The number of nitrogens with zero attached hydrogens (tertiary/aromatic N) is 1. The number of para-hydroxylation sites is 1. The minimum Gasteiger partial charge on any atom is -0.454 e. The lowest BCUT2D eigenvalue weighted by Crippen LogP contribution is -2.42. The average molecular weight is 530 g/mol. The van der Waals surface area contributed by atoms with E-state index in [2.05, 4.69) is 0 Å². The van der Waals surface area contributed by atoms with Crippen molar-refractivity contribution in [2.24, 2.45) is 17.8 Å². The molecule has 3 heterocycles. The first-order chi connectivity index (χ1) is 19.5. The molecule has 4 atom stereocenters. The number of benzene rings is 4. The normalized spacial score (nSPS) is 24.4. The van der Waals surface area contributed by atoms with E-state index in [0.717, 1.165) is 33.0 Å². The SMILES string of the molecule is Cc1ccccc1N1C(=O)[C@@H]2[C@@H]3C(=O)Oc4ccc5ccccc5c4C3=C[C@H](c3ccc4c(c3)OCO4)[C@H]2C1=O. The zero-order chi connectivity index (χ0) is 27.1. The van der Waals surface area contributed by atoms with Crippen molar-refractivity contribution in [1.29, 1.82) is 0 Å². The third-order valence-corrected chi connectivity index (χ3v) is 8.62. The predicted octanol–water partition coefficient (Wildman–Crippen LogP) is 5.40. The van der Waals surface area contributed by atoms with E-state index in [-0.39, 0.29) is 18.6 Å². The molecule has 196 valence electrons. The molecule has 4 aromatic carbocycles. The van der Waals surface area contributed by atoms with Crippen LogP contribution in [0.4, 0.5) is 5.69 Å². The fourth-order valence-electron chi connectivity index (χ4n) is 6.83. The van der Waals surface area contributed by atoms with E-state index >= 15 is 0 Å². The third-order valence-electron chi connectivity index (χ3n) is 8.62. The summed E-state index contributed by atoms with van der Waals surface area (Å²) in [6, 6.07) is 24.6. The van der Waals surface area contributed by atoms with E-state index in [4.69, 9.17) is 14.2 Å². The minimum atomic E-state index is -0.915. The lowest BCUT2D eigenvalue weighted by molar-refractivity contribution is -0.142. The van der Waals surface area contributed by atoms with E-state index in [0.29, 0.717) is 22.9 Å². The van der Waals surface area contributed by atoms with Crippen LogP contribution in [0.3, 0.4) is 0 Å². The number of esters is 1. The number of ether oxygens (including phenoxy) is 3. The number of anilines is 1. The van der Waals surface area contributed by atoms with Crippen molar-refractivity contribution in [3.05, 3.63) is 102 Å². The lowest BCUT2D eigenvalue weighted by atomic mass is 9.64. The summed E-state index contributed by atoms with van der Waals surface area (Å²) < 4.78 is 17.0. The zero-order valence-corrected chi connectivity index (χ0v) is 21.5. The van der Waals surface area contributed by atoms with E-state index < -0.39 is 29.6 Å². The van der Waals surface area contributed by atoms with Gasteiger partial charge in [-0.05, 0) is 58.7 Å². The van der Waals surface area contributed by atoms with Crippen molar-refractivity contribution in [3.63, 3.8) is 0 Å². The van der Waals surface area contributed by atoms with Crippen molar-refractivity contribution in [2.75, 3.05) is 11.7 Å². The van der Waals surface area contributed by atoms with Gasteiger partial charge in [0.05, 0.1) is 23.4 Å². The molecule has 7 heteroatoms. The number of amides is 2. The highest BCUT2D eigenvalue weighted by atomic mass is 16.7. The maximum atomic E-state index is 14.3. The number of imide groups is 1. The summed E-state index contributed by atoms with van der Waals surface area (Å²) in [7, 11) is 0. The number of rotatable bonds is 2. The molecular formula is C33H23NO6. The summed E-state index contributed by atoms with van der Waals surface area (Å²) in [5, 5.41) is 1.93. The summed E-state index contributed by atoms with van der Waals surface area (Å²) in [4.78, 5) is 43.4. The number of allylic oxidation sites excluding steroid dienone is 1. The van der Waals surface area contributed by atoms with Crippen LogP contribution in [0.25, 0.3) is 16.3 Å². The Balaban J connectivity index is 1.38. The van der Waals surface area contributed by atoms with Crippen LogP contribution in [-0.2, 0) is 14.4 Å². The second-order valence-corrected chi connectivity index (χ2v) is 10.7. The smallest absolute Gasteiger partial charge is 0.319 e. The maximum absolute atomic E-state index is 14.3. The highest BCUT2D eigenvalue weighted by Crippen LogP contribution is 2.56. The largest absolute Gasteiger partial charge is 0.454 e. The Morgan fingerprint density at radius 2 is 1.52 bits per heavy atom. The Morgan fingerprint density at radius 3 is 2.40 bits per heavy atom. The number of hydrogen-bond donors (Lipinski definition) is 0. The van der Waals surface area contributed by atoms with Gasteiger partial charge >= 0.3 is 5.97 Å². The fraction of sp³-hybridized carbons (Fsp3) is 0.182. The van der Waals surface area contributed by atoms with Gasteiger partial charge in [-0.15, -0.1) is 0 Å². The van der Waals surface area contributed by atoms with Gasteiger partial charge in [-0.2, -0.15) is 0 Å². The molecule has 1 fully saturated rings. The van der Waals surface area contributed by atoms with Crippen LogP contribution in [0.15, 0.2) is 84.9 Å². The molecule has 7 nitrogen and oxygen atoms in total. The molecule has 8 rings (SSSR count). The summed E-state index contributed by atoms with van der Waals surface area (Å²) in [6.07, 6.45) is 2.00. The van der Waals surface area contributed by atoms with Gasteiger partial charge in [0, 0.05) is 11.5 Å². The molecule has 0 unspecified atom stereocenters. The molecule has 1 aliphatic carbocycles. The quantitative estimate of drug-likeness (QED) is 0.197. The first kappa shape index (κ1) is 23.0. The molecule has 0 bridgehead atoms. The van der Waals surface area contributed by atoms with E-state index in [1.807, 2.05) is 73.7 Å². The van der Waals surface area contributed by atoms with Crippen LogP contribution in [0.2, 0.25) is 0 Å². The van der Waals surface area contributed by atoms with E-state index in [1.54, 1.807) is 18.2 Å². The van der Waals surface area contributed by atoms with Crippen LogP contribution in [0, 0.1) is 24.7 Å². The standard InChI is InChI=1S/C33H23NO6/c1-17-6-2-5-9-23(17)34-31(35)28-21(19-11-12-24-26(14-19)39-16-38-24)15-22-27-20-8-4-3-7-18(20)10-13-25(27)40-33(37)29(22)30(28)32(34)36/h2-15,21,28-30H,16H2,1H3/t21-,28-,29-,30+/m1/s1. The fourth-order valence-corrected chi connectivity index (χ4v) is 6.83. The Labute approximate surface area is 229 Å². The van der Waals surface area contributed by atoms with Gasteiger partial charge in [-0.25, -0.2) is 4.90 Å². The van der Waals surface area contributed by atoms with E-state index in [1.165, 1.54) is 4.90 Å². The van der Waals surface area contributed by atoms with Crippen LogP contribution in [-0.4, -0.2) is 24.6 Å². The summed E-state index contributed by atoms with van der Waals surface area (Å²) in [5.74, 6) is -2.61. The van der Waals surface area contributed by atoms with Crippen molar-refractivity contribution in [3.8, 4) is 17.2 Å². The average Bonchev–Trinajstić information content (AvgIpc) is 3.54. The lowest BCUT2D eigenvalue weighted by Gasteiger charge is -2.38. The van der Waals surface area contributed by atoms with Gasteiger partial charge < -0.3 is 14.2 Å². The second kappa shape index (κ2) is 8.29. The number of aryl methyl sites for hydroxylation is 1. The molecule has 0 spiro atoms. The minimum absolute atomic E-state index is 0.127. The number of carbonyl (C=O) groups excluding carboxylic acids is 3. The molecular weight excluding hydrogens is 506 g/mol. The molecule has 0 aromatic heterocycles. The molecule has 0 radical (unpaired) electrons. The van der Waals surface area contributed by atoms with Gasteiger partial charge in [-0.3, -0.25) is 14.4 Å². The van der Waals surface area contributed by atoms with Gasteiger partial charge in [-0.1, -0.05) is 60.7 Å². The Kier molecular flexibility index (Phi) is 4.77. The zero-order valence-electron chi connectivity index (χ0n) is 21.5. The number of hydrogen-bond acceptors (Lipinski definition) is 6. The summed E-state index contributed by atoms with van der Waals surface area (Å²) in [5.41, 5.74) is 3.67. The van der Waals surface area contributed by atoms with Crippen molar-refractivity contribution in [2.45, 2.75) is 12.8 Å². The second-order valence-electron chi connectivity index (χ2n) is 10.7. The monoisotopic (exact) mass is 529 g/mol. The van der Waals surface area contributed by atoms with Gasteiger partial charge in [0.25, 0.3) is 0 Å². The molecule has 2 amide bonds. The Hall–Kier alpha value is -4.91. The number of carbonyl (C=O) groups is 3. The van der Waals surface area contributed by atoms with Crippen LogP contribution < -0.4 is 19.1 Å². The highest BCUT2D eigenvalue weighted by molar-refractivity contribution is 6.25. The molecule has 0 saturated carbocycles. The molecule has 4 aromatic rings. The van der Waals surface area contributed by atoms with Crippen molar-refractivity contribution >= 4 is 39.8 Å². The van der Waals surface area contributed by atoms with Gasteiger partial charge in [0.2, 0.25) is 18.6 Å². The maximum Gasteiger partial charge on any atom is 0.319 e.